The normalized spacial score (nSPS) is 17.8. The lowest BCUT2D eigenvalue weighted by Gasteiger charge is -2.35. The summed E-state index contributed by atoms with van der Waals surface area (Å²) in [6.45, 7) is 0.666. The lowest BCUT2D eigenvalue weighted by Crippen LogP contribution is -2.41. The Bertz CT molecular complexity index is 577. The first-order valence-corrected chi connectivity index (χ1v) is 9.43. The number of nitrogens with two attached hydrogens (primary N) is 1. The maximum absolute atomic E-state index is 12.2. The van der Waals surface area contributed by atoms with Gasteiger partial charge in [-0.1, -0.05) is 48.5 Å². The summed E-state index contributed by atoms with van der Waals surface area (Å²) in [7, 11) is 0. The van der Waals surface area contributed by atoms with Gasteiger partial charge in [0.15, 0.2) is 0 Å². The third-order valence-corrected chi connectivity index (χ3v) is 5.57. The van der Waals surface area contributed by atoms with Gasteiger partial charge in [0.05, 0.1) is 5.02 Å². The lowest BCUT2D eigenvalue weighted by molar-refractivity contribution is -0.124. The molecular formula is C18H26Cl2N2O3. The van der Waals surface area contributed by atoms with E-state index in [4.69, 9.17) is 33.7 Å². The summed E-state index contributed by atoms with van der Waals surface area (Å²) in [5.74, 6) is 0.330. The maximum Gasteiger partial charge on any atom is 0.220 e. The number of benzene rings is 1. The number of halogens is 2. The molecule has 0 aliphatic heterocycles. The Balaban J connectivity index is 1.74. The smallest absolute Gasteiger partial charge is 0.220 e. The first-order valence-electron chi connectivity index (χ1n) is 8.67. The van der Waals surface area contributed by atoms with Crippen LogP contribution in [0.1, 0.15) is 38.5 Å². The monoisotopic (exact) mass is 388 g/mol. The van der Waals surface area contributed by atoms with Gasteiger partial charge in [0.25, 0.3) is 0 Å². The minimum Gasteiger partial charge on any atom is -0.489 e. The molecule has 1 saturated carbocycles. The highest BCUT2D eigenvalue weighted by Gasteiger charge is 2.32. The highest BCUT2D eigenvalue weighted by molar-refractivity contribution is 6.42. The molecule has 4 N–H and O–H groups in total. The SMILES string of the molecule is NCC1(CC(=O)NCC(O)COc2cccc(Cl)c2Cl)CCCCC1. The molecule has 1 atom stereocenters. The fraction of sp³-hybridized carbons (Fsp3) is 0.611. The van der Waals surface area contributed by atoms with Crippen molar-refractivity contribution in [3.8, 4) is 5.75 Å². The van der Waals surface area contributed by atoms with Crippen LogP contribution in [0.4, 0.5) is 0 Å². The summed E-state index contributed by atoms with van der Waals surface area (Å²) in [4.78, 5) is 12.2. The van der Waals surface area contributed by atoms with Crippen molar-refractivity contribution in [2.24, 2.45) is 11.1 Å². The number of rotatable bonds is 8. The molecule has 1 unspecified atom stereocenters. The highest BCUT2D eigenvalue weighted by Crippen LogP contribution is 2.38. The Morgan fingerprint density at radius 2 is 2.04 bits per heavy atom. The van der Waals surface area contributed by atoms with E-state index in [-0.39, 0.29) is 24.5 Å². The van der Waals surface area contributed by atoms with Crippen LogP contribution in [-0.4, -0.2) is 36.8 Å². The van der Waals surface area contributed by atoms with Crippen LogP contribution in [0.5, 0.6) is 5.75 Å². The number of carbonyl (C=O) groups excluding carboxylic acids is 1. The molecule has 5 nitrogen and oxygen atoms in total. The predicted octanol–water partition coefficient (Wildman–Crippen LogP) is 3.15. The van der Waals surface area contributed by atoms with E-state index in [2.05, 4.69) is 5.32 Å². The van der Waals surface area contributed by atoms with Gasteiger partial charge in [-0.25, -0.2) is 0 Å². The molecule has 1 aliphatic rings. The molecule has 2 rings (SSSR count). The minimum atomic E-state index is -0.834. The first-order chi connectivity index (χ1) is 12.0. The zero-order valence-corrected chi connectivity index (χ0v) is 15.8. The molecule has 0 bridgehead atoms. The molecule has 1 aromatic carbocycles. The molecule has 7 heteroatoms. The third-order valence-electron chi connectivity index (χ3n) is 4.77. The van der Waals surface area contributed by atoms with E-state index in [1.807, 2.05) is 0 Å². The first kappa shape index (κ1) is 20.3. The van der Waals surface area contributed by atoms with Gasteiger partial charge < -0.3 is 20.9 Å². The number of hydrogen-bond donors (Lipinski definition) is 3. The predicted molar refractivity (Wildman–Crippen MR) is 100 cm³/mol. The van der Waals surface area contributed by atoms with Crippen molar-refractivity contribution in [1.29, 1.82) is 0 Å². The van der Waals surface area contributed by atoms with Gasteiger partial charge >= 0.3 is 0 Å². The van der Waals surface area contributed by atoms with Crippen molar-refractivity contribution >= 4 is 29.1 Å². The van der Waals surface area contributed by atoms with Crippen LogP contribution in [0.3, 0.4) is 0 Å². The fourth-order valence-electron chi connectivity index (χ4n) is 3.23. The van der Waals surface area contributed by atoms with Crippen LogP contribution >= 0.6 is 23.2 Å². The van der Waals surface area contributed by atoms with Gasteiger partial charge in [-0.2, -0.15) is 0 Å². The topological polar surface area (TPSA) is 84.6 Å². The van der Waals surface area contributed by atoms with E-state index in [9.17, 15) is 9.90 Å². The number of aliphatic hydroxyl groups excluding tert-OH is 1. The maximum atomic E-state index is 12.2. The van der Waals surface area contributed by atoms with Crippen molar-refractivity contribution in [2.75, 3.05) is 19.7 Å². The largest absolute Gasteiger partial charge is 0.489 e. The summed E-state index contributed by atoms with van der Waals surface area (Å²) in [5, 5.41) is 13.5. The van der Waals surface area contributed by atoms with Crippen LogP contribution in [-0.2, 0) is 4.79 Å². The van der Waals surface area contributed by atoms with E-state index in [0.717, 1.165) is 25.7 Å². The zero-order chi connectivity index (χ0) is 18.3. The zero-order valence-electron chi connectivity index (χ0n) is 14.3. The molecule has 0 saturated heterocycles. The second-order valence-electron chi connectivity index (χ2n) is 6.76. The van der Waals surface area contributed by atoms with Crippen molar-refractivity contribution < 1.29 is 14.6 Å². The molecule has 25 heavy (non-hydrogen) atoms. The van der Waals surface area contributed by atoms with Gasteiger partial charge in [0, 0.05) is 13.0 Å². The molecule has 140 valence electrons. The molecule has 1 aromatic rings. The molecular weight excluding hydrogens is 363 g/mol. The molecule has 0 radical (unpaired) electrons. The van der Waals surface area contributed by atoms with Crippen LogP contribution in [0.2, 0.25) is 10.0 Å². The van der Waals surface area contributed by atoms with E-state index >= 15 is 0 Å². The summed E-state index contributed by atoms with van der Waals surface area (Å²) in [6.07, 6.45) is 5.04. The number of carbonyl (C=O) groups is 1. The highest BCUT2D eigenvalue weighted by atomic mass is 35.5. The average molecular weight is 389 g/mol. The van der Waals surface area contributed by atoms with E-state index in [1.54, 1.807) is 18.2 Å². The second-order valence-corrected chi connectivity index (χ2v) is 7.55. The Hall–Kier alpha value is -1.01. The summed E-state index contributed by atoms with van der Waals surface area (Å²) >= 11 is 11.9. The summed E-state index contributed by atoms with van der Waals surface area (Å²) in [5.41, 5.74) is 5.82. The number of ether oxygens (including phenoxy) is 1. The Morgan fingerprint density at radius 1 is 1.32 bits per heavy atom. The molecule has 1 aliphatic carbocycles. The molecule has 1 amide bonds. The summed E-state index contributed by atoms with van der Waals surface area (Å²) in [6, 6.07) is 5.05. The van der Waals surface area contributed by atoms with Gasteiger partial charge in [-0.05, 0) is 36.9 Å². The number of nitrogens with one attached hydrogen (secondary N) is 1. The quantitative estimate of drug-likeness (QED) is 0.638. The van der Waals surface area contributed by atoms with E-state index < -0.39 is 6.10 Å². The van der Waals surface area contributed by atoms with Gasteiger partial charge in [-0.15, -0.1) is 0 Å². The van der Waals surface area contributed by atoms with Crippen molar-refractivity contribution in [2.45, 2.75) is 44.6 Å². The van der Waals surface area contributed by atoms with Crippen LogP contribution < -0.4 is 15.8 Å². The standard InChI is InChI=1S/C18H26Cl2N2O3/c19-14-5-4-6-15(17(14)20)25-11-13(23)10-22-16(24)9-18(12-21)7-2-1-3-8-18/h4-6,13,23H,1-3,7-12,21H2,(H,22,24). The fourth-order valence-corrected chi connectivity index (χ4v) is 3.58. The molecule has 0 heterocycles. The summed E-state index contributed by atoms with van der Waals surface area (Å²) < 4.78 is 5.46. The molecule has 0 spiro atoms. The van der Waals surface area contributed by atoms with Crippen molar-refractivity contribution in [1.82, 2.24) is 5.32 Å². The van der Waals surface area contributed by atoms with Gasteiger partial charge in [0.2, 0.25) is 5.91 Å². The van der Waals surface area contributed by atoms with Crippen molar-refractivity contribution in [3.63, 3.8) is 0 Å². The van der Waals surface area contributed by atoms with Crippen molar-refractivity contribution in [3.05, 3.63) is 28.2 Å². The molecule has 0 aromatic heterocycles. The Morgan fingerprint density at radius 3 is 2.72 bits per heavy atom. The van der Waals surface area contributed by atoms with Crippen LogP contribution in [0, 0.1) is 5.41 Å². The van der Waals surface area contributed by atoms with Crippen LogP contribution in [0.15, 0.2) is 18.2 Å². The third kappa shape index (κ3) is 6.03. The second kappa shape index (κ2) is 9.62. The number of aliphatic hydroxyl groups is 1. The minimum absolute atomic E-state index is 0.0162. The van der Waals surface area contributed by atoms with Gasteiger partial charge in [-0.3, -0.25) is 4.79 Å². The van der Waals surface area contributed by atoms with E-state index in [1.165, 1.54) is 6.42 Å². The number of hydrogen-bond acceptors (Lipinski definition) is 4. The van der Waals surface area contributed by atoms with E-state index in [0.29, 0.717) is 28.8 Å². The Kier molecular flexibility index (Phi) is 7.81. The average Bonchev–Trinajstić information content (AvgIpc) is 2.62. The molecule has 1 fully saturated rings. The lowest BCUT2D eigenvalue weighted by atomic mass is 9.71. The number of amides is 1. The van der Waals surface area contributed by atoms with Gasteiger partial charge in [0.1, 0.15) is 23.5 Å². The Labute approximate surface area is 158 Å². The van der Waals surface area contributed by atoms with Crippen LogP contribution in [0.25, 0.3) is 0 Å².